The Morgan fingerprint density at radius 1 is 0.966 bits per heavy atom. The average molecular weight is 417 g/mol. The Morgan fingerprint density at radius 3 is 2.10 bits per heavy atom. The van der Waals surface area contributed by atoms with Crippen molar-refractivity contribution in [2.75, 3.05) is 25.0 Å². The summed E-state index contributed by atoms with van der Waals surface area (Å²) in [5.74, 6) is 0.555. The second-order valence-electron chi connectivity index (χ2n) is 7.98. The van der Waals surface area contributed by atoms with Crippen LogP contribution in [-0.2, 0) is 16.1 Å². The molecule has 0 aliphatic heterocycles. The van der Waals surface area contributed by atoms with Crippen molar-refractivity contribution >= 4 is 28.8 Å². The lowest BCUT2D eigenvalue weighted by Gasteiger charge is -2.21. The number of para-hydroxylation sites is 1. The summed E-state index contributed by atoms with van der Waals surface area (Å²) < 4.78 is 0. The molecule has 0 bridgehead atoms. The van der Waals surface area contributed by atoms with Gasteiger partial charge in [-0.15, -0.1) is 11.3 Å². The maximum Gasteiger partial charge on any atom is 0.279 e. The van der Waals surface area contributed by atoms with Crippen molar-refractivity contribution < 1.29 is 14.5 Å². The number of likely N-dealkylation sites (N-methyl/N-ethyl adjacent to an activating group) is 1. The molecule has 2 aromatic rings. The van der Waals surface area contributed by atoms with Gasteiger partial charge in [0.15, 0.2) is 13.1 Å². The molecule has 1 aromatic heterocycles. The molecule has 0 saturated heterocycles. The van der Waals surface area contributed by atoms with E-state index in [0.717, 1.165) is 26.6 Å². The van der Waals surface area contributed by atoms with Gasteiger partial charge in [-0.1, -0.05) is 52.0 Å². The number of amides is 2. The Bertz CT molecular complexity index is 774. The molecule has 5 nitrogen and oxygen atoms in total. The van der Waals surface area contributed by atoms with E-state index in [-0.39, 0.29) is 24.9 Å². The first-order chi connectivity index (χ1) is 13.8. The molecule has 1 aromatic carbocycles. The number of rotatable bonds is 10. The summed E-state index contributed by atoms with van der Waals surface area (Å²) in [4.78, 5) is 27.1. The van der Waals surface area contributed by atoms with E-state index in [2.05, 4.69) is 56.5 Å². The average Bonchev–Trinajstić information content (AvgIpc) is 3.19. The number of nitrogens with one attached hydrogen (secondary N) is 3. The third-order valence-electron chi connectivity index (χ3n) is 5.00. The lowest BCUT2D eigenvalue weighted by atomic mass is 9.92. The van der Waals surface area contributed by atoms with Crippen LogP contribution in [0, 0.1) is 0 Å². The quantitative estimate of drug-likeness (QED) is 0.557. The van der Waals surface area contributed by atoms with Crippen LogP contribution in [0.2, 0.25) is 0 Å². The Hall–Kier alpha value is -2.18. The Morgan fingerprint density at radius 2 is 1.59 bits per heavy atom. The highest BCUT2D eigenvalue weighted by molar-refractivity contribution is 7.09. The maximum atomic E-state index is 12.8. The molecule has 1 heterocycles. The van der Waals surface area contributed by atoms with Gasteiger partial charge in [-0.3, -0.25) is 9.59 Å². The number of carbonyl (C=O) groups excluding carboxylic acids is 2. The predicted octanol–water partition coefficient (Wildman–Crippen LogP) is 3.15. The lowest BCUT2D eigenvalue weighted by molar-refractivity contribution is -0.881. The van der Waals surface area contributed by atoms with E-state index in [4.69, 9.17) is 0 Å². The number of hydrogen-bond acceptors (Lipinski definition) is 3. The summed E-state index contributed by atoms with van der Waals surface area (Å²) in [7, 11) is 0. The van der Waals surface area contributed by atoms with Gasteiger partial charge in [0.1, 0.15) is 0 Å². The molecular formula is C23H34N3O2S+. The lowest BCUT2D eigenvalue weighted by Crippen LogP contribution is -3.14. The van der Waals surface area contributed by atoms with Crippen LogP contribution < -0.4 is 15.5 Å². The van der Waals surface area contributed by atoms with E-state index >= 15 is 0 Å². The van der Waals surface area contributed by atoms with Crippen molar-refractivity contribution in [1.82, 2.24) is 5.32 Å². The molecule has 0 radical (unpaired) electrons. The molecule has 0 fully saturated rings. The number of thiophene rings is 1. The molecule has 2 rings (SSSR count). The molecule has 1 unspecified atom stereocenters. The third-order valence-corrected chi connectivity index (χ3v) is 5.87. The van der Waals surface area contributed by atoms with Crippen molar-refractivity contribution in [3.63, 3.8) is 0 Å². The second-order valence-corrected chi connectivity index (χ2v) is 9.01. The van der Waals surface area contributed by atoms with Gasteiger partial charge in [0, 0.05) is 10.6 Å². The highest BCUT2D eigenvalue weighted by Gasteiger charge is 2.20. The van der Waals surface area contributed by atoms with Crippen LogP contribution in [0.4, 0.5) is 5.69 Å². The molecule has 0 aliphatic rings. The maximum absolute atomic E-state index is 12.8. The van der Waals surface area contributed by atoms with E-state index in [1.54, 1.807) is 11.3 Å². The van der Waals surface area contributed by atoms with Crippen LogP contribution in [0.3, 0.4) is 0 Å². The molecule has 2 amide bonds. The normalized spacial score (nSPS) is 12.2. The molecule has 6 heteroatoms. The summed E-state index contributed by atoms with van der Waals surface area (Å²) in [5.41, 5.74) is 3.23. The van der Waals surface area contributed by atoms with Crippen molar-refractivity contribution in [2.24, 2.45) is 0 Å². The summed E-state index contributed by atoms with van der Waals surface area (Å²) in [6.07, 6.45) is 0. The topological polar surface area (TPSA) is 62.6 Å². The standard InChI is InChI=1S/C23H33N3O2S/c1-6-26(14-21(27)24-13-18-9-8-12-29-18)15-22(28)25-23-19(16(2)3)10-7-11-20(23)17(4)5/h7-12,16-17H,6,13-15H2,1-5H3,(H,24,27)(H,25,28)/p+1. The van der Waals surface area contributed by atoms with Crippen LogP contribution in [0.25, 0.3) is 0 Å². The number of anilines is 1. The monoisotopic (exact) mass is 416 g/mol. The van der Waals surface area contributed by atoms with Crippen LogP contribution in [0.1, 0.15) is 62.5 Å². The van der Waals surface area contributed by atoms with Crippen molar-refractivity contribution in [3.05, 3.63) is 51.7 Å². The highest BCUT2D eigenvalue weighted by atomic mass is 32.1. The van der Waals surface area contributed by atoms with Crippen LogP contribution in [0.15, 0.2) is 35.7 Å². The Kier molecular flexibility index (Phi) is 8.86. The molecule has 3 N–H and O–H groups in total. The van der Waals surface area contributed by atoms with Gasteiger partial charge in [0.25, 0.3) is 11.8 Å². The Balaban J connectivity index is 1.98. The van der Waals surface area contributed by atoms with Gasteiger partial charge in [0.2, 0.25) is 0 Å². The van der Waals surface area contributed by atoms with Gasteiger partial charge in [0.05, 0.1) is 13.1 Å². The third kappa shape index (κ3) is 6.98. The zero-order valence-corrected chi connectivity index (χ0v) is 19.0. The van der Waals surface area contributed by atoms with Crippen LogP contribution in [-0.4, -0.2) is 31.4 Å². The smallest absolute Gasteiger partial charge is 0.279 e. The van der Waals surface area contributed by atoms with Crippen LogP contribution in [0.5, 0.6) is 0 Å². The fraction of sp³-hybridized carbons (Fsp3) is 0.478. The molecule has 1 atom stereocenters. The SMILES string of the molecule is CC[NH+](CC(=O)NCc1cccs1)CC(=O)Nc1c(C(C)C)cccc1C(C)C. The van der Waals surface area contributed by atoms with Gasteiger partial charge in [-0.25, -0.2) is 0 Å². The summed E-state index contributed by atoms with van der Waals surface area (Å²) in [5, 5.41) is 8.08. The van der Waals surface area contributed by atoms with E-state index in [1.165, 1.54) is 0 Å². The summed E-state index contributed by atoms with van der Waals surface area (Å²) >= 11 is 1.62. The first-order valence-electron chi connectivity index (χ1n) is 10.4. The molecule has 29 heavy (non-hydrogen) atoms. The first kappa shape index (κ1) is 23.1. The highest BCUT2D eigenvalue weighted by Crippen LogP contribution is 2.32. The van der Waals surface area contributed by atoms with Crippen LogP contribution >= 0.6 is 11.3 Å². The zero-order chi connectivity index (χ0) is 21.4. The van der Waals surface area contributed by atoms with Gasteiger partial charge >= 0.3 is 0 Å². The number of quaternary nitrogens is 1. The van der Waals surface area contributed by atoms with Gasteiger partial charge < -0.3 is 15.5 Å². The van der Waals surface area contributed by atoms with Gasteiger partial charge in [-0.05, 0) is 41.3 Å². The molecule has 0 aliphatic carbocycles. The second kappa shape index (κ2) is 11.1. The molecule has 0 spiro atoms. The van der Waals surface area contributed by atoms with E-state index in [9.17, 15) is 9.59 Å². The summed E-state index contributed by atoms with van der Waals surface area (Å²) in [6, 6.07) is 10.2. The molecular weight excluding hydrogens is 382 g/mol. The minimum Gasteiger partial charge on any atom is -0.346 e. The fourth-order valence-corrected chi connectivity index (χ4v) is 3.95. The molecule has 0 saturated carbocycles. The Labute approximate surface area is 178 Å². The van der Waals surface area contributed by atoms with E-state index in [1.807, 2.05) is 24.4 Å². The van der Waals surface area contributed by atoms with E-state index < -0.39 is 0 Å². The number of hydrogen-bond donors (Lipinski definition) is 3. The number of benzene rings is 1. The minimum absolute atomic E-state index is 0.0338. The fourth-order valence-electron chi connectivity index (χ4n) is 3.31. The first-order valence-corrected chi connectivity index (χ1v) is 11.2. The van der Waals surface area contributed by atoms with Crippen molar-refractivity contribution in [2.45, 2.75) is 53.0 Å². The minimum atomic E-state index is -0.0529. The van der Waals surface area contributed by atoms with Gasteiger partial charge in [-0.2, -0.15) is 0 Å². The predicted molar refractivity (Wildman–Crippen MR) is 121 cm³/mol. The number of carbonyl (C=O) groups is 2. The van der Waals surface area contributed by atoms with Crippen molar-refractivity contribution in [1.29, 1.82) is 0 Å². The van der Waals surface area contributed by atoms with E-state index in [0.29, 0.717) is 24.9 Å². The molecule has 158 valence electrons. The van der Waals surface area contributed by atoms with Crippen molar-refractivity contribution in [3.8, 4) is 0 Å². The zero-order valence-electron chi connectivity index (χ0n) is 18.2. The summed E-state index contributed by atoms with van der Waals surface area (Å²) in [6.45, 7) is 12.4. The largest absolute Gasteiger partial charge is 0.346 e.